The molecule has 5 nitrogen and oxygen atoms in total. The highest BCUT2D eigenvalue weighted by Crippen LogP contribution is 2.10. The smallest absolute Gasteiger partial charge is 0.303 e. The van der Waals surface area contributed by atoms with Gasteiger partial charge in [0.05, 0.1) is 0 Å². The zero-order chi connectivity index (χ0) is 17.1. The van der Waals surface area contributed by atoms with Gasteiger partial charge in [-0.05, 0) is 24.8 Å². The number of carbonyl (C=O) groups is 3. The third kappa shape index (κ3) is 9.73. The second-order valence-electron chi connectivity index (χ2n) is 5.36. The zero-order valence-electron chi connectivity index (χ0n) is 13.3. The van der Waals surface area contributed by atoms with E-state index in [1.165, 1.54) is 18.7 Å². The Bertz CT molecular complexity index is 519. The average Bonchev–Trinajstić information content (AvgIpc) is 2.50. The Morgan fingerprint density at radius 2 is 1.78 bits per heavy atom. The third-order valence-corrected chi connectivity index (χ3v) is 4.20. The van der Waals surface area contributed by atoms with Crippen LogP contribution in [0.3, 0.4) is 0 Å². The molecule has 1 aromatic rings. The molecule has 6 heteroatoms. The number of rotatable bonds is 10. The van der Waals surface area contributed by atoms with Gasteiger partial charge < -0.3 is 10.4 Å². The monoisotopic (exact) mass is 337 g/mol. The lowest BCUT2D eigenvalue weighted by Crippen LogP contribution is -2.38. The van der Waals surface area contributed by atoms with Crippen molar-refractivity contribution in [3.63, 3.8) is 0 Å². The van der Waals surface area contributed by atoms with Crippen LogP contribution in [0.5, 0.6) is 0 Å². The van der Waals surface area contributed by atoms with Crippen LogP contribution in [0.1, 0.15) is 38.2 Å². The summed E-state index contributed by atoms with van der Waals surface area (Å²) < 4.78 is 0. The molecule has 126 valence electrons. The lowest BCUT2D eigenvalue weighted by Gasteiger charge is -2.18. The first-order valence-electron chi connectivity index (χ1n) is 7.66. The first-order chi connectivity index (χ1) is 11.0. The highest BCUT2D eigenvalue weighted by molar-refractivity contribution is 8.13. The fraction of sp³-hybridized carbons (Fsp3) is 0.471. The molecule has 1 unspecified atom stereocenters. The number of carbonyl (C=O) groups excluding carboxylic acids is 2. The molecule has 0 aromatic heterocycles. The number of amides is 1. The largest absolute Gasteiger partial charge is 0.481 e. The highest BCUT2D eigenvalue weighted by Gasteiger charge is 2.14. The normalized spacial score (nSPS) is 11.7. The van der Waals surface area contributed by atoms with Gasteiger partial charge in [0.1, 0.15) is 0 Å². The Kier molecular flexibility index (Phi) is 9.05. The van der Waals surface area contributed by atoms with E-state index in [4.69, 9.17) is 5.11 Å². The van der Waals surface area contributed by atoms with Crippen molar-refractivity contribution >= 4 is 28.8 Å². The summed E-state index contributed by atoms with van der Waals surface area (Å²) in [4.78, 5) is 33.6. The topological polar surface area (TPSA) is 83.5 Å². The first kappa shape index (κ1) is 19.2. The lowest BCUT2D eigenvalue weighted by atomic mass is 10.1. The molecule has 0 spiro atoms. The van der Waals surface area contributed by atoms with Crippen molar-refractivity contribution in [2.24, 2.45) is 0 Å². The molecule has 0 saturated carbocycles. The van der Waals surface area contributed by atoms with E-state index in [9.17, 15) is 14.4 Å². The van der Waals surface area contributed by atoms with Gasteiger partial charge in [0.15, 0.2) is 5.12 Å². The van der Waals surface area contributed by atoms with Crippen molar-refractivity contribution in [1.82, 2.24) is 5.32 Å². The van der Waals surface area contributed by atoms with Gasteiger partial charge in [-0.2, -0.15) is 0 Å². The van der Waals surface area contributed by atoms with Crippen LogP contribution < -0.4 is 5.32 Å². The second kappa shape index (κ2) is 10.8. The molecule has 0 radical (unpaired) electrons. The number of thioether (sulfide) groups is 1. The van der Waals surface area contributed by atoms with Gasteiger partial charge in [-0.25, -0.2) is 0 Å². The Hall–Kier alpha value is -1.82. The third-order valence-electron chi connectivity index (χ3n) is 3.22. The predicted octanol–water partition coefficient (Wildman–Crippen LogP) is 2.64. The molecule has 23 heavy (non-hydrogen) atoms. The maximum Gasteiger partial charge on any atom is 0.303 e. The lowest BCUT2D eigenvalue weighted by molar-refractivity contribution is -0.137. The summed E-state index contributed by atoms with van der Waals surface area (Å²) in [7, 11) is 0. The molecule has 1 aromatic carbocycles. The van der Waals surface area contributed by atoms with E-state index < -0.39 is 5.97 Å². The van der Waals surface area contributed by atoms with Crippen molar-refractivity contribution in [1.29, 1.82) is 0 Å². The second-order valence-corrected chi connectivity index (χ2v) is 6.55. The molecule has 0 saturated heterocycles. The summed E-state index contributed by atoms with van der Waals surface area (Å²) in [6, 6.07) is 9.69. The summed E-state index contributed by atoms with van der Waals surface area (Å²) >= 11 is 1.20. The Labute approximate surface area is 140 Å². The SMILES string of the molecule is CC(=O)SCC(Cc1ccccc1)NC(=O)CCCCC(=O)O. The summed E-state index contributed by atoms with van der Waals surface area (Å²) in [5.74, 6) is -0.406. The van der Waals surface area contributed by atoms with Crippen LogP contribution in [0.15, 0.2) is 30.3 Å². The number of unbranched alkanes of at least 4 members (excludes halogenated alkanes) is 1. The molecule has 1 atom stereocenters. The Morgan fingerprint density at radius 1 is 1.13 bits per heavy atom. The standard InChI is InChI=1S/C17H23NO4S/c1-13(19)23-12-15(11-14-7-3-2-4-8-14)18-16(20)9-5-6-10-17(21)22/h2-4,7-8,15H,5-6,9-12H2,1H3,(H,18,20)(H,21,22). The quantitative estimate of drug-likeness (QED) is 0.641. The van der Waals surface area contributed by atoms with E-state index in [0.29, 0.717) is 31.4 Å². The molecule has 1 amide bonds. The number of carboxylic acid groups (broad SMARTS) is 1. The summed E-state index contributed by atoms with van der Waals surface area (Å²) in [5, 5.41) is 11.6. The van der Waals surface area contributed by atoms with E-state index >= 15 is 0 Å². The van der Waals surface area contributed by atoms with E-state index in [0.717, 1.165) is 5.56 Å². The molecule has 0 heterocycles. The fourth-order valence-electron chi connectivity index (χ4n) is 2.13. The minimum Gasteiger partial charge on any atom is -0.481 e. The number of nitrogens with one attached hydrogen (secondary N) is 1. The summed E-state index contributed by atoms with van der Waals surface area (Å²) in [6.07, 6.45) is 2.11. The molecular weight excluding hydrogens is 314 g/mol. The van der Waals surface area contributed by atoms with Crippen LogP contribution in [0.2, 0.25) is 0 Å². The molecule has 0 aliphatic rings. The van der Waals surface area contributed by atoms with Crippen LogP contribution in [-0.4, -0.2) is 33.9 Å². The molecule has 1 rings (SSSR count). The van der Waals surface area contributed by atoms with Crippen LogP contribution in [0.4, 0.5) is 0 Å². The zero-order valence-corrected chi connectivity index (χ0v) is 14.1. The van der Waals surface area contributed by atoms with Crippen molar-refractivity contribution in [3.05, 3.63) is 35.9 Å². The number of aliphatic carboxylic acids is 1. The van der Waals surface area contributed by atoms with Crippen molar-refractivity contribution in [3.8, 4) is 0 Å². The van der Waals surface area contributed by atoms with Gasteiger partial charge in [0.2, 0.25) is 5.91 Å². The van der Waals surface area contributed by atoms with Crippen molar-refractivity contribution in [2.45, 2.75) is 45.1 Å². The molecular formula is C17H23NO4S. The molecule has 0 fully saturated rings. The van der Waals surface area contributed by atoms with E-state index in [1.807, 2.05) is 30.3 Å². The van der Waals surface area contributed by atoms with Gasteiger partial charge in [-0.15, -0.1) is 0 Å². The molecule has 0 aliphatic carbocycles. The van der Waals surface area contributed by atoms with Crippen molar-refractivity contribution in [2.75, 3.05) is 5.75 Å². The van der Waals surface area contributed by atoms with Crippen LogP contribution in [0.25, 0.3) is 0 Å². The van der Waals surface area contributed by atoms with Crippen molar-refractivity contribution < 1.29 is 19.5 Å². The fourth-order valence-corrected chi connectivity index (χ4v) is 2.77. The molecule has 2 N–H and O–H groups in total. The van der Waals surface area contributed by atoms with E-state index in [2.05, 4.69) is 5.32 Å². The van der Waals surface area contributed by atoms with Crippen LogP contribution >= 0.6 is 11.8 Å². The number of hydrogen-bond acceptors (Lipinski definition) is 4. The maximum absolute atomic E-state index is 12.0. The van der Waals surface area contributed by atoms with Gasteiger partial charge in [-0.1, -0.05) is 42.1 Å². The van der Waals surface area contributed by atoms with Crippen LogP contribution in [-0.2, 0) is 20.8 Å². The van der Waals surface area contributed by atoms with Gasteiger partial charge >= 0.3 is 5.97 Å². The summed E-state index contributed by atoms with van der Waals surface area (Å²) in [5.41, 5.74) is 1.10. The molecule has 0 bridgehead atoms. The summed E-state index contributed by atoms with van der Waals surface area (Å²) in [6.45, 7) is 1.51. The molecule has 0 aliphatic heterocycles. The van der Waals surface area contributed by atoms with E-state index in [-0.39, 0.29) is 23.5 Å². The minimum absolute atomic E-state index is 0.0266. The van der Waals surface area contributed by atoms with Gasteiger partial charge in [0.25, 0.3) is 0 Å². The average molecular weight is 337 g/mol. The minimum atomic E-state index is -0.842. The predicted molar refractivity (Wildman–Crippen MR) is 91.3 cm³/mol. The van der Waals surface area contributed by atoms with E-state index in [1.54, 1.807) is 0 Å². The maximum atomic E-state index is 12.0. The number of benzene rings is 1. The Balaban J connectivity index is 2.46. The van der Waals surface area contributed by atoms with Gasteiger partial charge in [0, 0.05) is 31.6 Å². The number of hydrogen-bond donors (Lipinski definition) is 2. The highest BCUT2D eigenvalue weighted by atomic mass is 32.2. The Morgan fingerprint density at radius 3 is 2.39 bits per heavy atom. The van der Waals surface area contributed by atoms with Gasteiger partial charge in [-0.3, -0.25) is 14.4 Å². The van der Waals surface area contributed by atoms with Crippen LogP contribution in [0, 0.1) is 0 Å². The first-order valence-corrected chi connectivity index (χ1v) is 8.64. The number of carboxylic acids is 1.